The van der Waals surface area contributed by atoms with Crippen molar-refractivity contribution in [1.82, 2.24) is 30.0 Å². The van der Waals surface area contributed by atoms with Crippen LogP contribution in [-0.2, 0) is 13.1 Å². The van der Waals surface area contributed by atoms with Gasteiger partial charge in [0.05, 0.1) is 17.6 Å². The number of fused-ring (bicyclic) bond motifs is 1. The smallest absolute Gasteiger partial charge is 0.317 e. The van der Waals surface area contributed by atoms with Gasteiger partial charge in [-0.2, -0.15) is 5.10 Å². The predicted molar refractivity (Wildman–Crippen MR) is 109 cm³/mol. The topological polar surface area (TPSA) is 78.8 Å². The molecule has 4 rings (SSSR count). The van der Waals surface area contributed by atoms with Crippen LogP contribution in [0.4, 0.5) is 4.79 Å². The quantitative estimate of drug-likeness (QED) is 0.712. The first-order valence-electron chi connectivity index (χ1n) is 10.0. The molecule has 7 nitrogen and oxygen atoms in total. The van der Waals surface area contributed by atoms with Crippen LogP contribution in [0.1, 0.15) is 36.2 Å². The second-order valence-corrected chi connectivity index (χ2v) is 7.78. The molecule has 0 unspecified atom stereocenters. The Kier molecular flexibility index (Phi) is 5.32. The van der Waals surface area contributed by atoms with E-state index < -0.39 is 0 Å². The van der Waals surface area contributed by atoms with Gasteiger partial charge in [-0.25, -0.2) is 9.78 Å². The van der Waals surface area contributed by atoms with Gasteiger partial charge in [-0.05, 0) is 68.4 Å². The highest BCUT2D eigenvalue weighted by Gasteiger charge is 2.22. The lowest BCUT2D eigenvalue weighted by atomic mass is 9.94. The van der Waals surface area contributed by atoms with Crippen LogP contribution in [0, 0.1) is 19.8 Å². The summed E-state index contributed by atoms with van der Waals surface area (Å²) in [5, 5.41) is 7.26. The third-order valence-corrected chi connectivity index (χ3v) is 5.78. The average Bonchev–Trinajstić information content (AvgIpc) is 3.35. The number of carbonyl (C=O) groups is 1. The standard InChI is InChI=1S/C21H28N6O/c1-15-12-18-19(13-16(15)2)25-20(24-18)14-22-21(28)26-9-4-17(5-10-26)6-11-27-8-3-7-23-27/h3,7-8,12-13,17H,4-6,9-11,14H2,1-2H3,(H,22,28)(H,24,25). The fourth-order valence-electron chi connectivity index (χ4n) is 3.85. The summed E-state index contributed by atoms with van der Waals surface area (Å²) in [5.74, 6) is 1.46. The highest BCUT2D eigenvalue weighted by molar-refractivity contribution is 5.77. The number of hydrogen-bond acceptors (Lipinski definition) is 3. The van der Waals surface area contributed by atoms with Crippen LogP contribution in [0.2, 0.25) is 0 Å². The second-order valence-electron chi connectivity index (χ2n) is 7.78. The third kappa shape index (κ3) is 4.18. The van der Waals surface area contributed by atoms with E-state index in [4.69, 9.17) is 0 Å². The maximum atomic E-state index is 12.5. The maximum absolute atomic E-state index is 12.5. The van der Waals surface area contributed by atoms with Gasteiger partial charge in [0.2, 0.25) is 0 Å². The van der Waals surface area contributed by atoms with E-state index >= 15 is 0 Å². The maximum Gasteiger partial charge on any atom is 0.317 e. The molecule has 2 N–H and O–H groups in total. The molecule has 3 heterocycles. The Morgan fingerprint density at radius 3 is 2.79 bits per heavy atom. The molecular weight excluding hydrogens is 352 g/mol. The number of piperidine rings is 1. The minimum absolute atomic E-state index is 0.00153. The van der Waals surface area contributed by atoms with Gasteiger partial charge in [0.15, 0.2) is 0 Å². The van der Waals surface area contributed by atoms with Gasteiger partial charge in [0, 0.05) is 32.0 Å². The van der Waals surface area contributed by atoms with Crippen molar-refractivity contribution < 1.29 is 4.79 Å². The first-order valence-corrected chi connectivity index (χ1v) is 10.0. The van der Waals surface area contributed by atoms with Gasteiger partial charge >= 0.3 is 6.03 Å². The number of likely N-dealkylation sites (tertiary alicyclic amines) is 1. The predicted octanol–water partition coefficient (Wildman–Crippen LogP) is 3.39. The van der Waals surface area contributed by atoms with E-state index in [1.807, 2.05) is 28.0 Å². The molecule has 7 heteroatoms. The Labute approximate surface area is 165 Å². The van der Waals surface area contributed by atoms with Crippen LogP contribution in [0.15, 0.2) is 30.6 Å². The van der Waals surface area contributed by atoms with Crippen LogP contribution in [0.3, 0.4) is 0 Å². The lowest BCUT2D eigenvalue weighted by Gasteiger charge is -2.32. The number of carbonyl (C=O) groups excluding carboxylic acids is 1. The number of nitrogens with zero attached hydrogens (tertiary/aromatic N) is 4. The minimum Gasteiger partial charge on any atom is -0.340 e. The molecular formula is C21H28N6O. The molecule has 0 saturated carbocycles. The highest BCUT2D eigenvalue weighted by atomic mass is 16.2. The van der Waals surface area contributed by atoms with E-state index in [0.717, 1.165) is 55.8 Å². The lowest BCUT2D eigenvalue weighted by molar-refractivity contribution is 0.165. The molecule has 1 fully saturated rings. The number of aryl methyl sites for hydroxylation is 3. The molecule has 1 aliphatic heterocycles. The van der Waals surface area contributed by atoms with Crippen LogP contribution in [-0.4, -0.2) is 43.8 Å². The summed E-state index contributed by atoms with van der Waals surface area (Å²) >= 11 is 0. The van der Waals surface area contributed by atoms with Crippen molar-refractivity contribution in [3.8, 4) is 0 Å². The summed E-state index contributed by atoms with van der Waals surface area (Å²) in [6.45, 7) is 7.18. The summed E-state index contributed by atoms with van der Waals surface area (Å²) in [6.07, 6.45) is 7.05. The largest absolute Gasteiger partial charge is 0.340 e. The molecule has 148 valence electrons. The molecule has 0 radical (unpaired) electrons. The summed E-state index contributed by atoms with van der Waals surface area (Å²) < 4.78 is 1.98. The first-order chi connectivity index (χ1) is 13.6. The van der Waals surface area contributed by atoms with E-state index in [0.29, 0.717) is 12.5 Å². The zero-order valence-electron chi connectivity index (χ0n) is 16.6. The Hall–Kier alpha value is -2.83. The van der Waals surface area contributed by atoms with E-state index in [9.17, 15) is 4.79 Å². The van der Waals surface area contributed by atoms with Gasteiger partial charge < -0.3 is 15.2 Å². The summed E-state index contributed by atoms with van der Waals surface area (Å²) in [4.78, 5) is 22.3. The lowest BCUT2D eigenvalue weighted by Crippen LogP contribution is -2.44. The number of imidazole rings is 1. The number of urea groups is 1. The Morgan fingerprint density at radius 1 is 1.25 bits per heavy atom. The number of benzene rings is 1. The number of amides is 2. The van der Waals surface area contributed by atoms with E-state index in [1.165, 1.54) is 11.1 Å². The number of H-pyrrole nitrogens is 1. The van der Waals surface area contributed by atoms with E-state index in [-0.39, 0.29) is 6.03 Å². The van der Waals surface area contributed by atoms with Crippen molar-refractivity contribution in [3.05, 3.63) is 47.5 Å². The van der Waals surface area contributed by atoms with Crippen LogP contribution in [0.5, 0.6) is 0 Å². The normalized spacial score (nSPS) is 15.3. The van der Waals surface area contributed by atoms with Gasteiger partial charge in [0.25, 0.3) is 0 Å². The van der Waals surface area contributed by atoms with Gasteiger partial charge in [-0.3, -0.25) is 4.68 Å². The van der Waals surface area contributed by atoms with Crippen molar-refractivity contribution in [2.24, 2.45) is 5.92 Å². The van der Waals surface area contributed by atoms with Crippen LogP contribution >= 0.6 is 0 Å². The van der Waals surface area contributed by atoms with Gasteiger partial charge in [-0.15, -0.1) is 0 Å². The Balaban J connectivity index is 1.24. The third-order valence-electron chi connectivity index (χ3n) is 5.78. The van der Waals surface area contributed by atoms with Gasteiger partial charge in [0.1, 0.15) is 5.82 Å². The molecule has 1 aliphatic rings. The van der Waals surface area contributed by atoms with Crippen molar-refractivity contribution in [1.29, 1.82) is 0 Å². The fourth-order valence-corrected chi connectivity index (χ4v) is 3.85. The molecule has 0 spiro atoms. The SMILES string of the molecule is Cc1cc2nc(CNC(=O)N3CCC(CCn4cccn4)CC3)[nH]c2cc1C. The molecule has 0 bridgehead atoms. The zero-order valence-corrected chi connectivity index (χ0v) is 16.6. The monoisotopic (exact) mass is 380 g/mol. The number of aromatic amines is 1. The molecule has 28 heavy (non-hydrogen) atoms. The molecule has 3 aromatic rings. The number of rotatable bonds is 5. The van der Waals surface area contributed by atoms with Gasteiger partial charge in [-0.1, -0.05) is 0 Å². The van der Waals surface area contributed by atoms with Crippen LogP contribution in [0.25, 0.3) is 11.0 Å². The average molecular weight is 380 g/mol. The van der Waals surface area contributed by atoms with E-state index in [1.54, 1.807) is 0 Å². The molecule has 0 atom stereocenters. The number of nitrogens with one attached hydrogen (secondary N) is 2. The van der Waals surface area contributed by atoms with Crippen LogP contribution < -0.4 is 5.32 Å². The summed E-state index contributed by atoms with van der Waals surface area (Å²) in [5.41, 5.74) is 4.43. The Bertz CT molecular complexity index is 898. The van der Waals surface area contributed by atoms with Crippen molar-refractivity contribution in [2.45, 2.75) is 46.2 Å². The summed E-state index contributed by atoms with van der Waals surface area (Å²) in [7, 11) is 0. The van der Waals surface area contributed by atoms with Crippen molar-refractivity contribution in [2.75, 3.05) is 13.1 Å². The highest BCUT2D eigenvalue weighted by Crippen LogP contribution is 2.21. The van der Waals surface area contributed by atoms with Crippen molar-refractivity contribution in [3.63, 3.8) is 0 Å². The minimum atomic E-state index is -0.00153. The fraction of sp³-hybridized carbons (Fsp3) is 0.476. The van der Waals surface area contributed by atoms with E-state index in [2.05, 4.69) is 46.4 Å². The number of aromatic nitrogens is 4. The number of hydrogen-bond donors (Lipinski definition) is 2. The molecule has 0 aliphatic carbocycles. The Morgan fingerprint density at radius 2 is 2.04 bits per heavy atom. The molecule has 1 aromatic carbocycles. The molecule has 2 aromatic heterocycles. The molecule has 2 amide bonds. The summed E-state index contributed by atoms with van der Waals surface area (Å²) in [6, 6.07) is 6.15. The second kappa shape index (κ2) is 8.04. The first kappa shape index (κ1) is 18.5. The molecule has 1 saturated heterocycles. The zero-order chi connectivity index (χ0) is 19.5. The van der Waals surface area contributed by atoms with Crippen molar-refractivity contribution >= 4 is 17.1 Å².